The molecule has 1 amide bonds. The van der Waals surface area contributed by atoms with Gasteiger partial charge >= 0.3 is 0 Å². The van der Waals surface area contributed by atoms with Crippen molar-refractivity contribution >= 4 is 18.3 Å². The summed E-state index contributed by atoms with van der Waals surface area (Å²) >= 11 is 0. The van der Waals surface area contributed by atoms with Crippen LogP contribution < -0.4 is 20.1 Å². The van der Waals surface area contributed by atoms with E-state index < -0.39 is 0 Å². The van der Waals surface area contributed by atoms with Gasteiger partial charge in [-0.2, -0.15) is 0 Å². The van der Waals surface area contributed by atoms with Crippen LogP contribution in [-0.4, -0.2) is 40.3 Å². The van der Waals surface area contributed by atoms with Gasteiger partial charge in [-0.05, 0) is 50.6 Å². The van der Waals surface area contributed by atoms with Crippen LogP contribution in [0.15, 0.2) is 18.2 Å². The van der Waals surface area contributed by atoms with Crippen LogP contribution in [0, 0.1) is 0 Å². The fourth-order valence-corrected chi connectivity index (χ4v) is 3.74. The van der Waals surface area contributed by atoms with E-state index in [4.69, 9.17) is 9.47 Å². The summed E-state index contributed by atoms with van der Waals surface area (Å²) in [5.41, 5.74) is 1.23. The second kappa shape index (κ2) is 11.3. The molecule has 0 aromatic heterocycles. The number of carbonyl (C=O) groups is 1. The van der Waals surface area contributed by atoms with Crippen molar-refractivity contribution < 1.29 is 14.3 Å². The zero-order chi connectivity index (χ0) is 18.1. The number of amides is 1. The first-order chi connectivity index (χ1) is 12.1. The molecule has 1 aromatic rings. The average Bonchev–Trinajstić information content (AvgIpc) is 2.66. The molecular formula is C20H33ClN2O3. The number of hydrogen-bond donors (Lipinski definition) is 2. The molecule has 148 valence electrons. The Balaban J connectivity index is 0.00000338. The Morgan fingerprint density at radius 1 is 1.12 bits per heavy atom. The number of hydrogen-bond acceptors (Lipinski definition) is 4. The van der Waals surface area contributed by atoms with Gasteiger partial charge in [0.05, 0.1) is 14.2 Å². The van der Waals surface area contributed by atoms with Crippen molar-refractivity contribution in [3.63, 3.8) is 0 Å². The van der Waals surface area contributed by atoms with E-state index >= 15 is 0 Å². The minimum Gasteiger partial charge on any atom is -0.493 e. The third kappa shape index (κ3) is 5.78. The summed E-state index contributed by atoms with van der Waals surface area (Å²) < 4.78 is 10.8. The van der Waals surface area contributed by atoms with E-state index in [9.17, 15) is 4.79 Å². The highest BCUT2D eigenvalue weighted by Crippen LogP contribution is 2.42. The van der Waals surface area contributed by atoms with Gasteiger partial charge in [0.1, 0.15) is 0 Å². The van der Waals surface area contributed by atoms with Crippen LogP contribution in [0.1, 0.15) is 50.5 Å². The highest BCUT2D eigenvalue weighted by Gasteiger charge is 2.34. The lowest BCUT2D eigenvalue weighted by molar-refractivity contribution is -0.121. The van der Waals surface area contributed by atoms with E-state index in [0.717, 1.165) is 37.3 Å². The highest BCUT2D eigenvalue weighted by molar-refractivity contribution is 5.85. The van der Waals surface area contributed by atoms with Gasteiger partial charge in [-0.15, -0.1) is 12.4 Å². The molecule has 1 aliphatic carbocycles. The van der Waals surface area contributed by atoms with Crippen molar-refractivity contribution in [2.75, 3.05) is 34.4 Å². The topological polar surface area (TPSA) is 59.6 Å². The quantitative estimate of drug-likeness (QED) is 0.640. The monoisotopic (exact) mass is 384 g/mol. The van der Waals surface area contributed by atoms with Gasteiger partial charge < -0.3 is 20.1 Å². The largest absolute Gasteiger partial charge is 0.493 e. The van der Waals surface area contributed by atoms with Gasteiger partial charge in [0.25, 0.3) is 0 Å². The van der Waals surface area contributed by atoms with E-state index in [0.29, 0.717) is 13.0 Å². The molecule has 0 aliphatic heterocycles. The molecule has 0 radical (unpaired) electrons. The maximum absolute atomic E-state index is 12.2. The highest BCUT2D eigenvalue weighted by atomic mass is 35.5. The van der Waals surface area contributed by atoms with Crippen molar-refractivity contribution in [3.8, 4) is 11.5 Å². The first-order valence-corrected chi connectivity index (χ1v) is 9.29. The van der Waals surface area contributed by atoms with Gasteiger partial charge in [-0.25, -0.2) is 0 Å². The van der Waals surface area contributed by atoms with Crippen LogP contribution in [0.2, 0.25) is 0 Å². The first-order valence-electron chi connectivity index (χ1n) is 9.29. The predicted molar refractivity (Wildman–Crippen MR) is 108 cm³/mol. The summed E-state index contributed by atoms with van der Waals surface area (Å²) in [6, 6.07) is 6.18. The molecule has 0 atom stereocenters. The van der Waals surface area contributed by atoms with Crippen LogP contribution in [0.4, 0.5) is 0 Å². The fraction of sp³-hybridized carbons (Fsp3) is 0.650. The summed E-state index contributed by atoms with van der Waals surface area (Å²) in [4.78, 5) is 12.2. The van der Waals surface area contributed by atoms with E-state index in [2.05, 4.69) is 22.8 Å². The molecule has 0 unspecified atom stereocenters. The molecule has 6 heteroatoms. The number of benzene rings is 1. The molecule has 1 fully saturated rings. The summed E-state index contributed by atoms with van der Waals surface area (Å²) in [5.74, 6) is 1.64. The van der Waals surface area contributed by atoms with E-state index in [1.807, 2.05) is 13.1 Å². The summed E-state index contributed by atoms with van der Waals surface area (Å²) in [6.45, 7) is 1.56. The lowest BCUT2D eigenvalue weighted by Crippen LogP contribution is -2.42. The molecule has 0 spiro atoms. The Bertz CT molecular complexity index is 560. The van der Waals surface area contributed by atoms with Crippen LogP contribution >= 0.6 is 12.4 Å². The smallest absolute Gasteiger partial charge is 0.220 e. The first kappa shape index (κ1) is 22.6. The minimum absolute atomic E-state index is 0. The third-order valence-electron chi connectivity index (χ3n) is 5.26. The second-order valence-electron chi connectivity index (χ2n) is 6.89. The van der Waals surface area contributed by atoms with Crippen LogP contribution in [0.3, 0.4) is 0 Å². The molecule has 1 aromatic carbocycles. The van der Waals surface area contributed by atoms with Crippen molar-refractivity contribution in [1.82, 2.24) is 10.6 Å². The van der Waals surface area contributed by atoms with Gasteiger partial charge in [-0.1, -0.05) is 25.3 Å². The maximum Gasteiger partial charge on any atom is 0.220 e. The molecule has 0 heterocycles. The molecule has 1 saturated carbocycles. The number of methoxy groups -OCH3 is 2. The van der Waals surface area contributed by atoms with E-state index in [-0.39, 0.29) is 23.7 Å². The van der Waals surface area contributed by atoms with Crippen molar-refractivity contribution in [2.45, 2.75) is 50.4 Å². The molecule has 1 aliphatic rings. The summed E-state index contributed by atoms with van der Waals surface area (Å²) in [6.07, 6.45) is 7.30. The molecule has 26 heavy (non-hydrogen) atoms. The Morgan fingerprint density at radius 2 is 1.81 bits per heavy atom. The summed E-state index contributed by atoms with van der Waals surface area (Å²) in [5, 5.41) is 6.26. The van der Waals surface area contributed by atoms with Gasteiger partial charge in [-0.3, -0.25) is 4.79 Å². The number of rotatable bonds is 9. The lowest BCUT2D eigenvalue weighted by Gasteiger charge is -2.38. The van der Waals surface area contributed by atoms with E-state index in [1.165, 1.54) is 24.8 Å². The fourth-order valence-electron chi connectivity index (χ4n) is 3.74. The number of ether oxygens (including phenoxy) is 2. The van der Waals surface area contributed by atoms with Crippen LogP contribution in [0.25, 0.3) is 0 Å². The Hall–Kier alpha value is -1.46. The number of nitrogens with one attached hydrogen (secondary N) is 2. The maximum atomic E-state index is 12.2. The van der Waals surface area contributed by atoms with Crippen molar-refractivity contribution in [2.24, 2.45) is 0 Å². The van der Waals surface area contributed by atoms with Crippen LogP contribution in [0.5, 0.6) is 11.5 Å². The van der Waals surface area contributed by atoms with Crippen LogP contribution in [-0.2, 0) is 10.2 Å². The number of halogens is 1. The SMILES string of the molecule is CNCCCC(=O)NCC1(c2ccc(OC)c(OC)c2)CCCCC1.Cl. The second-order valence-corrected chi connectivity index (χ2v) is 6.89. The zero-order valence-corrected chi connectivity index (χ0v) is 17.0. The average molecular weight is 385 g/mol. The van der Waals surface area contributed by atoms with Gasteiger partial charge in [0.15, 0.2) is 11.5 Å². The van der Waals surface area contributed by atoms with Crippen molar-refractivity contribution in [3.05, 3.63) is 23.8 Å². The zero-order valence-electron chi connectivity index (χ0n) is 16.2. The Labute approximate surface area is 163 Å². The molecular weight excluding hydrogens is 352 g/mol. The Morgan fingerprint density at radius 3 is 2.42 bits per heavy atom. The lowest BCUT2D eigenvalue weighted by atomic mass is 9.69. The standard InChI is InChI=1S/C20H32N2O3.ClH/c1-21-13-7-8-19(23)22-15-20(11-5-4-6-12-20)16-9-10-17(24-2)18(14-16)25-3;/h9-10,14,21H,4-8,11-13,15H2,1-3H3,(H,22,23);1H. The molecule has 2 rings (SSSR count). The van der Waals surface area contributed by atoms with Crippen molar-refractivity contribution in [1.29, 1.82) is 0 Å². The minimum atomic E-state index is -0.00350. The number of carbonyl (C=O) groups excluding carboxylic acids is 1. The van der Waals surface area contributed by atoms with Gasteiger partial charge in [0, 0.05) is 18.4 Å². The molecule has 0 saturated heterocycles. The molecule has 0 bridgehead atoms. The van der Waals surface area contributed by atoms with E-state index in [1.54, 1.807) is 14.2 Å². The summed E-state index contributed by atoms with van der Waals surface area (Å²) in [7, 11) is 5.23. The molecule has 2 N–H and O–H groups in total. The predicted octanol–water partition coefficient (Wildman–Crippen LogP) is 3.44. The third-order valence-corrected chi connectivity index (χ3v) is 5.26. The normalized spacial score (nSPS) is 15.7. The van der Waals surface area contributed by atoms with Gasteiger partial charge in [0.2, 0.25) is 5.91 Å². The molecule has 5 nitrogen and oxygen atoms in total. The Kier molecular flexibility index (Phi) is 9.81.